The first-order chi connectivity index (χ1) is 14.2. The van der Waals surface area contributed by atoms with Gasteiger partial charge >= 0.3 is 0 Å². The molecule has 0 spiro atoms. The molecule has 2 heterocycles. The van der Waals surface area contributed by atoms with E-state index in [9.17, 15) is 0 Å². The zero-order valence-electron chi connectivity index (χ0n) is 17.8. The van der Waals surface area contributed by atoms with Crippen LogP contribution in [-0.2, 0) is 25.8 Å². The number of hydrogen-bond donors (Lipinski definition) is 2. The summed E-state index contributed by atoms with van der Waals surface area (Å²) in [4.78, 5) is 4.33. The lowest BCUT2D eigenvalue weighted by molar-refractivity contribution is 0.254. The van der Waals surface area contributed by atoms with E-state index < -0.39 is 0 Å². The van der Waals surface area contributed by atoms with E-state index in [1.54, 1.807) is 14.2 Å². The van der Waals surface area contributed by atoms with Crippen molar-refractivity contribution in [3.63, 3.8) is 0 Å². The van der Waals surface area contributed by atoms with E-state index in [2.05, 4.69) is 52.9 Å². The Morgan fingerprint density at radius 3 is 2.83 bits per heavy atom. The number of guanidine groups is 1. The Labute approximate surface area is 195 Å². The van der Waals surface area contributed by atoms with Gasteiger partial charge in [-0.05, 0) is 42.7 Å². The van der Waals surface area contributed by atoms with Crippen molar-refractivity contribution in [3.05, 3.63) is 52.6 Å². The van der Waals surface area contributed by atoms with Gasteiger partial charge in [0, 0.05) is 44.1 Å². The number of halogens is 1. The molecule has 0 amide bonds. The van der Waals surface area contributed by atoms with Crippen LogP contribution in [0.1, 0.15) is 29.2 Å². The van der Waals surface area contributed by atoms with Gasteiger partial charge in [-0.25, -0.2) is 0 Å². The largest absolute Gasteiger partial charge is 0.496 e. The highest BCUT2D eigenvalue weighted by molar-refractivity contribution is 14.0. The highest BCUT2D eigenvalue weighted by Crippen LogP contribution is 2.34. The number of fused-ring (bicyclic) bond motifs is 2. The molecule has 162 valence electrons. The zero-order chi connectivity index (χ0) is 20.2. The van der Waals surface area contributed by atoms with Crippen molar-refractivity contribution in [2.24, 2.45) is 4.99 Å². The molecule has 0 saturated heterocycles. The number of hydrogen-bond acceptors (Lipinski definition) is 4. The van der Waals surface area contributed by atoms with Crippen LogP contribution in [0.4, 0.5) is 0 Å². The Bertz CT molecular complexity index is 917. The number of nitrogens with zero attached hydrogens (tertiary/aromatic N) is 1. The van der Waals surface area contributed by atoms with Gasteiger partial charge in [-0.15, -0.1) is 24.0 Å². The Kier molecular flexibility index (Phi) is 7.69. The summed E-state index contributed by atoms with van der Waals surface area (Å²) < 4.78 is 17.0. The first-order valence-corrected chi connectivity index (χ1v) is 10.2. The summed E-state index contributed by atoms with van der Waals surface area (Å²) in [5.74, 6) is 3.63. The van der Waals surface area contributed by atoms with Gasteiger partial charge in [0.25, 0.3) is 0 Å². The molecule has 0 fully saturated rings. The molecule has 2 aromatic carbocycles. The van der Waals surface area contributed by atoms with Crippen LogP contribution in [0.5, 0.6) is 17.2 Å². The maximum Gasteiger partial charge on any atom is 0.191 e. The molecule has 0 aromatic heterocycles. The van der Waals surface area contributed by atoms with Crippen molar-refractivity contribution in [1.82, 2.24) is 10.6 Å². The molecular weight excluding hydrogens is 493 g/mol. The van der Waals surface area contributed by atoms with E-state index in [-0.39, 0.29) is 30.1 Å². The Hall–Kier alpha value is -2.16. The van der Waals surface area contributed by atoms with Crippen molar-refractivity contribution in [2.75, 3.05) is 27.3 Å². The highest BCUT2D eigenvalue weighted by atomic mass is 127. The fourth-order valence-electron chi connectivity index (χ4n) is 3.93. The van der Waals surface area contributed by atoms with Crippen LogP contribution in [0.2, 0.25) is 0 Å². The number of methoxy groups -OCH3 is 1. The molecule has 2 N–H and O–H groups in total. The summed E-state index contributed by atoms with van der Waals surface area (Å²) in [7, 11) is 3.49. The van der Waals surface area contributed by atoms with Gasteiger partial charge in [-0.1, -0.05) is 12.1 Å². The molecule has 2 aromatic rings. The van der Waals surface area contributed by atoms with Crippen LogP contribution in [0, 0.1) is 0 Å². The van der Waals surface area contributed by atoms with Crippen LogP contribution < -0.4 is 24.8 Å². The maximum absolute atomic E-state index is 5.89. The minimum atomic E-state index is 0. The molecular formula is C23H30IN3O3. The van der Waals surface area contributed by atoms with Crippen LogP contribution in [0.25, 0.3) is 0 Å². The topological polar surface area (TPSA) is 64.1 Å². The van der Waals surface area contributed by atoms with Crippen molar-refractivity contribution in [3.8, 4) is 17.2 Å². The molecule has 4 rings (SSSR count). The van der Waals surface area contributed by atoms with Crippen molar-refractivity contribution >= 4 is 29.9 Å². The normalized spacial score (nSPS) is 16.6. The molecule has 0 radical (unpaired) electrons. The number of aliphatic imine (C=N–C) groups is 1. The van der Waals surface area contributed by atoms with Gasteiger partial charge in [0.15, 0.2) is 5.96 Å². The van der Waals surface area contributed by atoms with E-state index in [1.807, 2.05) is 0 Å². The third-order valence-corrected chi connectivity index (χ3v) is 5.43. The highest BCUT2D eigenvalue weighted by Gasteiger charge is 2.21. The van der Waals surface area contributed by atoms with Crippen LogP contribution in [0.3, 0.4) is 0 Å². The number of rotatable bonds is 6. The van der Waals surface area contributed by atoms with E-state index in [1.165, 1.54) is 16.7 Å². The summed E-state index contributed by atoms with van der Waals surface area (Å²) in [6.07, 6.45) is 3.09. The smallest absolute Gasteiger partial charge is 0.191 e. The quantitative estimate of drug-likeness (QED) is 0.345. The summed E-state index contributed by atoms with van der Waals surface area (Å²) in [5, 5.41) is 6.76. The first kappa shape index (κ1) is 22.5. The predicted octanol–water partition coefficient (Wildman–Crippen LogP) is 3.48. The number of nitrogens with one attached hydrogen (secondary N) is 2. The Morgan fingerprint density at radius 1 is 1.17 bits per heavy atom. The lowest BCUT2D eigenvalue weighted by Crippen LogP contribution is -2.37. The molecule has 6 nitrogen and oxygen atoms in total. The Balaban J connectivity index is 0.00000256. The number of benzene rings is 2. The average Bonchev–Trinajstić information content (AvgIpc) is 3.34. The van der Waals surface area contributed by atoms with Gasteiger partial charge < -0.3 is 24.8 Å². The van der Waals surface area contributed by atoms with Gasteiger partial charge in [0.1, 0.15) is 23.4 Å². The minimum Gasteiger partial charge on any atom is -0.496 e. The summed E-state index contributed by atoms with van der Waals surface area (Å²) >= 11 is 0. The molecule has 1 unspecified atom stereocenters. The molecule has 1 atom stereocenters. The van der Waals surface area contributed by atoms with E-state index in [0.717, 1.165) is 61.2 Å². The van der Waals surface area contributed by atoms with Gasteiger partial charge in [0.05, 0.1) is 13.7 Å². The van der Waals surface area contributed by atoms with Crippen LogP contribution in [-0.4, -0.2) is 39.4 Å². The summed E-state index contributed by atoms with van der Waals surface area (Å²) in [5.41, 5.74) is 4.89. The lowest BCUT2D eigenvalue weighted by atomic mass is 10.1. The van der Waals surface area contributed by atoms with E-state index in [0.29, 0.717) is 6.54 Å². The number of ether oxygens (including phenoxy) is 3. The lowest BCUT2D eigenvalue weighted by Gasteiger charge is -2.15. The van der Waals surface area contributed by atoms with Gasteiger partial charge in [-0.3, -0.25) is 4.99 Å². The van der Waals surface area contributed by atoms with Gasteiger partial charge in [0.2, 0.25) is 0 Å². The second-order valence-corrected chi connectivity index (χ2v) is 7.55. The Morgan fingerprint density at radius 2 is 2.03 bits per heavy atom. The van der Waals surface area contributed by atoms with Gasteiger partial charge in [-0.2, -0.15) is 0 Å². The zero-order valence-corrected chi connectivity index (χ0v) is 20.1. The first-order valence-electron chi connectivity index (χ1n) is 10.2. The second kappa shape index (κ2) is 10.2. The van der Waals surface area contributed by atoms with E-state index in [4.69, 9.17) is 14.2 Å². The molecule has 2 aliphatic heterocycles. The monoisotopic (exact) mass is 523 g/mol. The van der Waals surface area contributed by atoms with Crippen LogP contribution >= 0.6 is 24.0 Å². The van der Waals surface area contributed by atoms with Crippen molar-refractivity contribution in [2.45, 2.75) is 38.8 Å². The molecule has 0 aliphatic carbocycles. The van der Waals surface area contributed by atoms with E-state index >= 15 is 0 Å². The summed E-state index contributed by atoms with van der Waals surface area (Å²) in [6, 6.07) is 10.6. The maximum atomic E-state index is 5.89. The SMILES string of the molecule is CN=C(NCCc1ccc2c(c1)CCO2)NCc1cc2c(cc1OC)CC(C)O2.I. The third-order valence-electron chi connectivity index (χ3n) is 5.43. The molecule has 30 heavy (non-hydrogen) atoms. The predicted molar refractivity (Wildman–Crippen MR) is 130 cm³/mol. The average molecular weight is 523 g/mol. The van der Waals surface area contributed by atoms with Crippen molar-refractivity contribution < 1.29 is 14.2 Å². The van der Waals surface area contributed by atoms with Crippen LogP contribution in [0.15, 0.2) is 35.3 Å². The fourth-order valence-corrected chi connectivity index (χ4v) is 3.93. The minimum absolute atomic E-state index is 0. The van der Waals surface area contributed by atoms with Crippen molar-refractivity contribution in [1.29, 1.82) is 0 Å². The standard InChI is InChI=1S/C23H29N3O3.HI/c1-15-10-18-12-21(27-3)19(13-22(18)29-15)14-26-23(24-2)25-8-6-16-4-5-20-17(11-16)7-9-28-20;/h4-5,11-13,15H,6-10,14H2,1-3H3,(H2,24,25,26);1H. The molecule has 2 aliphatic rings. The molecule has 0 saturated carbocycles. The second-order valence-electron chi connectivity index (χ2n) is 7.55. The summed E-state index contributed by atoms with van der Waals surface area (Å²) in [6.45, 7) is 4.30. The molecule has 7 heteroatoms. The fraction of sp³-hybridized carbons (Fsp3) is 0.435. The molecule has 0 bridgehead atoms. The third kappa shape index (κ3) is 5.11.